The third kappa shape index (κ3) is 4.98. The van der Waals surface area contributed by atoms with Gasteiger partial charge in [0.2, 0.25) is 5.91 Å². The minimum atomic E-state index is -1.25. The van der Waals surface area contributed by atoms with E-state index < -0.39 is 23.8 Å². The van der Waals surface area contributed by atoms with E-state index in [1.807, 2.05) is 19.9 Å². The molecule has 3 rings (SSSR count). The lowest BCUT2D eigenvalue weighted by molar-refractivity contribution is -0.139. The summed E-state index contributed by atoms with van der Waals surface area (Å²) in [5.74, 6) is -2.14. The SMILES string of the molecule is Cc1cc(C)c2oc(-c3ccc(C(=O)NC(CCC(N)=O)C(=O)O)cc3)cc(=O)c2c1. The predicted molar refractivity (Wildman–Crippen MR) is 115 cm³/mol. The van der Waals surface area contributed by atoms with Crippen molar-refractivity contribution in [1.82, 2.24) is 5.32 Å². The number of primary amides is 1. The zero-order valence-electron chi connectivity index (χ0n) is 17.1. The summed E-state index contributed by atoms with van der Waals surface area (Å²) < 4.78 is 5.94. The highest BCUT2D eigenvalue weighted by molar-refractivity contribution is 5.97. The monoisotopic (exact) mass is 422 g/mol. The van der Waals surface area contributed by atoms with Gasteiger partial charge in [-0.1, -0.05) is 18.2 Å². The molecule has 0 saturated carbocycles. The second-order valence-electron chi connectivity index (χ2n) is 7.38. The van der Waals surface area contributed by atoms with Crippen molar-refractivity contribution in [2.45, 2.75) is 32.7 Å². The van der Waals surface area contributed by atoms with Crippen molar-refractivity contribution >= 4 is 28.8 Å². The number of carboxylic acid groups (broad SMARTS) is 1. The van der Waals surface area contributed by atoms with Crippen LogP contribution in [0.2, 0.25) is 0 Å². The third-order valence-electron chi connectivity index (χ3n) is 4.87. The Balaban J connectivity index is 1.84. The molecule has 1 atom stereocenters. The van der Waals surface area contributed by atoms with Crippen LogP contribution >= 0.6 is 0 Å². The summed E-state index contributed by atoms with van der Waals surface area (Å²) in [6, 6.07) is 10.1. The van der Waals surface area contributed by atoms with Gasteiger partial charge in [-0.25, -0.2) is 4.79 Å². The van der Waals surface area contributed by atoms with E-state index in [0.29, 0.717) is 22.3 Å². The van der Waals surface area contributed by atoms with Crippen molar-refractivity contribution in [1.29, 1.82) is 0 Å². The Labute approximate surface area is 177 Å². The minimum Gasteiger partial charge on any atom is -0.480 e. The molecule has 1 unspecified atom stereocenters. The van der Waals surface area contributed by atoms with Crippen LogP contribution in [0.1, 0.15) is 34.3 Å². The third-order valence-corrected chi connectivity index (χ3v) is 4.87. The van der Waals surface area contributed by atoms with Crippen LogP contribution in [-0.2, 0) is 9.59 Å². The standard InChI is InChI=1S/C23H22N2O6/c1-12-9-13(2)21-16(10-12)18(26)11-19(31-21)14-3-5-15(6-4-14)22(28)25-17(23(29)30)7-8-20(24)27/h3-6,9-11,17H,7-8H2,1-2H3,(H2,24,27)(H,25,28)(H,29,30). The molecule has 0 saturated heterocycles. The van der Waals surface area contributed by atoms with Gasteiger partial charge in [-0.05, 0) is 49.6 Å². The van der Waals surface area contributed by atoms with Crippen LogP contribution in [0.15, 0.2) is 51.7 Å². The molecule has 0 spiro atoms. The Bertz CT molecular complexity index is 1230. The van der Waals surface area contributed by atoms with Gasteiger partial charge in [0.05, 0.1) is 5.39 Å². The second-order valence-corrected chi connectivity index (χ2v) is 7.38. The highest BCUT2D eigenvalue weighted by Gasteiger charge is 2.21. The largest absolute Gasteiger partial charge is 0.480 e. The van der Waals surface area contributed by atoms with Crippen molar-refractivity contribution in [3.63, 3.8) is 0 Å². The number of nitrogens with one attached hydrogen (secondary N) is 1. The number of rotatable bonds is 7. The lowest BCUT2D eigenvalue weighted by Crippen LogP contribution is -2.41. The lowest BCUT2D eigenvalue weighted by atomic mass is 10.0. The molecule has 0 fully saturated rings. The summed E-state index contributed by atoms with van der Waals surface area (Å²) in [6.07, 6.45) is -0.258. The minimum absolute atomic E-state index is 0.102. The van der Waals surface area contributed by atoms with Crippen LogP contribution < -0.4 is 16.5 Å². The summed E-state index contributed by atoms with van der Waals surface area (Å²) in [7, 11) is 0. The van der Waals surface area contributed by atoms with Crippen LogP contribution in [0.25, 0.3) is 22.3 Å². The quantitative estimate of drug-likeness (QED) is 0.534. The van der Waals surface area contributed by atoms with Crippen molar-refractivity contribution in [3.8, 4) is 11.3 Å². The molecule has 0 aliphatic rings. The number of aliphatic carboxylic acids is 1. The molecule has 8 heteroatoms. The molecule has 0 aliphatic carbocycles. The first-order chi connectivity index (χ1) is 14.7. The number of carbonyl (C=O) groups excluding carboxylic acids is 2. The Morgan fingerprint density at radius 2 is 1.77 bits per heavy atom. The zero-order valence-corrected chi connectivity index (χ0v) is 17.1. The predicted octanol–water partition coefficient (Wildman–Crippen LogP) is 2.53. The van der Waals surface area contributed by atoms with Gasteiger partial charge in [0, 0.05) is 23.6 Å². The maximum atomic E-state index is 12.5. The van der Waals surface area contributed by atoms with E-state index >= 15 is 0 Å². The normalized spacial score (nSPS) is 11.8. The van der Waals surface area contributed by atoms with Gasteiger partial charge in [-0.15, -0.1) is 0 Å². The molecule has 2 aromatic carbocycles. The average molecular weight is 422 g/mol. The number of nitrogens with two attached hydrogens (primary N) is 1. The summed E-state index contributed by atoms with van der Waals surface area (Å²) in [6.45, 7) is 3.78. The maximum Gasteiger partial charge on any atom is 0.326 e. The van der Waals surface area contributed by atoms with E-state index in [1.165, 1.54) is 18.2 Å². The molecule has 31 heavy (non-hydrogen) atoms. The fraction of sp³-hybridized carbons (Fsp3) is 0.217. The fourth-order valence-electron chi connectivity index (χ4n) is 3.32. The van der Waals surface area contributed by atoms with Gasteiger partial charge in [0.15, 0.2) is 5.43 Å². The van der Waals surface area contributed by atoms with Crippen molar-refractivity contribution in [2.75, 3.05) is 0 Å². The molecule has 160 valence electrons. The van der Waals surface area contributed by atoms with Crippen molar-refractivity contribution < 1.29 is 23.9 Å². The van der Waals surface area contributed by atoms with Crippen LogP contribution in [0.3, 0.4) is 0 Å². The molecule has 3 aromatic rings. The van der Waals surface area contributed by atoms with Gasteiger partial charge < -0.3 is 20.6 Å². The first kappa shape index (κ1) is 21.8. The first-order valence-corrected chi connectivity index (χ1v) is 9.63. The molecule has 1 heterocycles. The number of carbonyl (C=O) groups is 3. The van der Waals surface area contributed by atoms with Crippen LogP contribution in [0, 0.1) is 13.8 Å². The molecule has 4 N–H and O–H groups in total. The highest BCUT2D eigenvalue weighted by Crippen LogP contribution is 2.25. The Morgan fingerprint density at radius 3 is 2.39 bits per heavy atom. The maximum absolute atomic E-state index is 12.5. The molecule has 0 radical (unpaired) electrons. The topological polar surface area (TPSA) is 140 Å². The van der Waals surface area contributed by atoms with E-state index in [4.69, 9.17) is 10.2 Å². The van der Waals surface area contributed by atoms with E-state index in [-0.39, 0.29) is 23.8 Å². The smallest absolute Gasteiger partial charge is 0.326 e. The van der Waals surface area contributed by atoms with Gasteiger partial charge in [0.1, 0.15) is 17.4 Å². The molecule has 0 bridgehead atoms. The molecule has 1 aromatic heterocycles. The van der Waals surface area contributed by atoms with Gasteiger partial charge >= 0.3 is 5.97 Å². The van der Waals surface area contributed by atoms with Gasteiger partial charge in [-0.3, -0.25) is 14.4 Å². The summed E-state index contributed by atoms with van der Waals surface area (Å²) in [5.41, 5.74) is 8.02. The molecular weight excluding hydrogens is 400 g/mol. The lowest BCUT2D eigenvalue weighted by Gasteiger charge is -2.14. The summed E-state index contributed by atoms with van der Waals surface area (Å²) in [4.78, 5) is 47.1. The average Bonchev–Trinajstić information content (AvgIpc) is 2.71. The van der Waals surface area contributed by atoms with Crippen LogP contribution in [-0.4, -0.2) is 28.9 Å². The molecule has 2 amide bonds. The van der Waals surface area contributed by atoms with Gasteiger partial charge in [0.25, 0.3) is 5.91 Å². The molecular formula is C23H22N2O6. The van der Waals surface area contributed by atoms with Crippen molar-refractivity contribution in [3.05, 3.63) is 69.4 Å². The van der Waals surface area contributed by atoms with E-state index in [0.717, 1.165) is 11.1 Å². The summed E-state index contributed by atoms with van der Waals surface area (Å²) >= 11 is 0. The summed E-state index contributed by atoms with van der Waals surface area (Å²) in [5, 5.41) is 12.1. The van der Waals surface area contributed by atoms with Crippen molar-refractivity contribution in [2.24, 2.45) is 5.73 Å². The number of aryl methyl sites for hydroxylation is 2. The molecule has 0 aliphatic heterocycles. The number of hydrogen-bond acceptors (Lipinski definition) is 5. The first-order valence-electron chi connectivity index (χ1n) is 9.63. The Kier molecular flexibility index (Phi) is 6.20. The number of amides is 2. The number of hydrogen-bond donors (Lipinski definition) is 3. The zero-order chi connectivity index (χ0) is 22.7. The number of carboxylic acids is 1. The number of fused-ring (bicyclic) bond motifs is 1. The fourth-order valence-corrected chi connectivity index (χ4v) is 3.32. The van der Waals surface area contributed by atoms with Gasteiger partial charge in [-0.2, -0.15) is 0 Å². The van der Waals surface area contributed by atoms with E-state index in [9.17, 15) is 24.3 Å². The Hall–Kier alpha value is -3.94. The highest BCUT2D eigenvalue weighted by atomic mass is 16.4. The Morgan fingerprint density at radius 1 is 1.10 bits per heavy atom. The van der Waals surface area contributed by atoms with Crippen LogP contribution in [0.5, 0.6) is 0 Å². The molecule has 8 nitrogen and oxygen atoms in total. The van der Waals surface area contributed by atoms with E-state index in [1.54, 1.807) is 18.2 Å². The number of benzene rings is 2. The van der Waals surface area contributed by atoms with E-state index in [2.05, 4.69) is 5.32 Å². The second kappa shape index (κ2) is 8.83. The van der Waals surface area contributed by atoms with Crippen LogP contribution in [0.4, 0.5) is 0 Å².